The standard InChI is InChI=1S/C15H16N6O/c16-15-19-14(20-21-15)11-6-7-17-13(8-11)18-9-12(22)10-4-2-1-3-5-10/h1-8,12,22H,9H2,(H,17,18)(H3,16,19,20,21). The van der Waals surface area contributed by atoms with Crippen LogP contribution in [0.3, 0.4) is 0 Å². The van der Waals surface area contributed by atoms with Crippen LogP contribution in [0, 0.1) is 0 Å². The number of benzene rings is 1. The van der Waals surface area contributed by atoms with Crippen molar-refractivity contribution in [3.05, 3.63) is 54.2 Å². The Morgan fingerprint density at radius 3 is 2.77 bits per heavy atom. The molecule has 0 aliphatic rings. The first-order chi connectivity index (χ1) is 10.7. The molecule has 1 atom stereocenters. The summed E-state index contributed by atoms with van der Waals surface area (Å²) < 4.78 is 0. The summed E-state index contributed by atoms with van der Waals surface area (Å²) in [4.78, 5) is 8.29. The van der Waals surface area contributed by atoms with Gasteiger partial charge in [-0.15, -0.1) is 5.10 Å². The number of nitrogens with two attached hydrogens (primary N) is 1. The molecule has 2 aromatic heterocycles. The quantitative estimate of drug-likeness (QED) is 0.569. The number of hydrogen-bond acceptors (Lipinski definition) is 6. The van der Waals surface area contributed by atoms with Crippen LogP contribution in [0.15, 0.2) is 48.7 Å². The summed E-state index contributed by atoms with van der Waals surface area (Å²) in [6.07, 6.45) is 1.05. The zero-order valence-electron chi connectivity index (χ0n) is 11.8. The second kappa shape index (κ2) is 6.23. The lowest BCUT2D eigenvalue weighted by atomic mass is 10.1. The van der Waals surface area contributed by atoms with Gasteiger partial charge >= 0.3 is 0 Å². The van der Waals surface area contributed by atoms with E-state index in [9.17, 15) is 5.11 Å². The molecular formula is C15H16N6O. The number of nitrogen functional groups attached to an aromatic ring is 1. The Kier molecular flexibility index (Phi) is 3.97. The molecule has 1 aromatic carbocycles. The molecule has 1 unspecified atom stereocenters. The van der Waals surface area contributed by atoms with E-state index in [-0.39, 0.29) is 5.95 Å². The van der Waals surface area contributed by atoms with E-state index in [1.54, 1.807) is 12.3 Å². The molecule has 5 N–H and O–H groups in total. The predicted molar refractivity (Wildman–Crippen MR) is 83.9 cm³/mol. The number of hydrogen-bond donors (Lipinski definition) is 4. The van der Waals surface area contributed by atoms with E-state index < -0.39 is 6.10 Å². The van der Waals surface area contributed by atoms with E-state index >= 15 is 0 Å². The number of nitrogens with zero attached hydrogens (tertiary/aromatic N) is 3. The third kappa shape index (κ3) is 3.21. The molecule has 0 aliphatic carbocycles. The zero-order valence-corrected chi connectivity index (χ0v) is 11.8. The van der Waals surface area contributed by atoms with Gasteiger partial charge in [-0.2, -0.15) is 4.98 Å². The first-order valence-electron chi connectivity index (χ1n) is 6.83. The minimum Gasteiger partial charge on any atom is -0.387 e. The predicted octanol–water partition coefficient (Wildman–Crippen LogP) is 1.59. The van der Waals surface area contributed by atoms with Crippen molar-refractivity contribution in [2.45, 2.75) is 6.10 Å². The Balaban J connectivity index is 1.68. The molecule has 2 heterocycles. The van der Waals surface area contributed by atoms with Crippen LogP contribution in [0.1, 0.15) is 11.7 Å². The Bertz CT molecular complexity index is 743. The minimum absolute atomic E-state index is 0.195. The van der Waals surface area contributed by atoms with Crippen LogP contribution in [-0.4, -0.2) is 31.8 Å². The summed E-state index contributed by atoms with van der Waals surface area (Å²) in [5.74, 6) is 1.41. The number of rotatable bonds is 5. The maximum absolute atomic E-state index is 10.1. The molecule has 0 aliphatic heterocycles. The lowest BCUT2D eigenvalue weighted by molar-refractivity contribution is 0.191. The van der Waals surface area contributed by atoms with Crippen molar-refractivity contribution in [3.63, 3.8) is 0 Å². The maximum Gasteiger partial charge on any atom is 0.239 e. The number of aliphatic hydroxyl groups excluding tert-OH is 1. The fourth-order valence-electron chi connectivity index (χ4n) is 2.07. The average Bonchev–Trinajstić information content (AvgIpc) is 3.00. The van der Waals surface area contributed by atoms with Crippen molar-refractivity contribution in [1.29, 1.82) is 0 Å². The Hall–Kier alpha value is -2.93. The van der Waals surface area contributed by atoms with Gasteiger partial charge < -0.3 is 16.2 Å². The van der Waals surface area contributed by atoms with E-state index in [0.29, 0.717) is 18.2 Å². The highest BCUT2D eigenvalue weighted by Crippen LogP contribution is 2.19. The number of pyridine rings is 1. The van der Waals surface area contributed by atoms with Gasteiger partial charge in [-0.1, -0.05) is 30.3 Å². The Morgan fingerprint density at radius 2 is 2.05 bits per heavy atom. The maximum atomic E-state index is 10.1. The fourth-order valence-corrected chi connectivity index (χ4v) is 2.07. The molecule has 7 nitrogen and oxygen atoms in total. The number of aromatic amines is 1. The van der Waals surface area contributed by atoms with Crippen LogP contribution in [0.4, 0.5) is 11.8 Å². The Morgan fingerprint density at radius 1 is 1.23 bits per heavy atom. The molecule has 112 valence electrons. The van der Waals surface area contributed by atoms with Crippen LogP contribution in [0.2, 0.25) is 0 Å². The first kappa shape index (κ1) is 14.0. The SMILES string of the molecule is Nc1n[nH]c(-c2ccnc(NCC(O)c3ccccc3)c2)n1. The van der Waals surface area contributed by atoms with Crippen LogP contribution in [0.25, 0.3) is 11.4 Å². The summed E-state index contributed by atoms with van der Waals surface area (Å²) in [5, 5.41) is 19.8. The zero-order chi connectivity index (χ0) is 15.4. The van der Waals surface area contributed by atoms with E-state index in [0.717, 1.165) is 11.1 Å². The van der Waals surface area contributed by atoms with Gasteiger partial charge in [-0.05, 0) is 17.7 Å². The molecule has 0 spiro atoms. The summed E-state index contributed by atoms with van der Waals surface area (Å²) in [6, 6.07) is 13.1. The van der Waals surface area contributed by atoms with Crippen LogP contribution >= 0.6 is 0 Å². The Labute approximate surface area is 127 Å². The van der Waals surface area contributed by atoms with Gasteiger partial charge in [-0.25, -0.2) is 4.98 Å². The average molecular weight is 296 g/mol. The molecule has 3 aromatic rings. The number of aliphatic hydroxyl groups is 1. The first-order valence-corrected chi connectivity index (χ1v) is 6.83. The number of H-pyrrole nitrogens is 1. The highest BCUT2D eigenvalue weighted by molar-refractivity contribution is 5.60. The molecule has 0 fully saturated rings. The molecule has 0 radical (unpaired) electrons. The lowest BCUT2D eigenvalue weighted by Crippen LogP contribution is -2.12. The smallest absolute Gasteiger partial charge is 0.239 e. The molecule has 3 rings (SSSR count). The van der Waals surface area contributed by atoms with Gasteiger partial charge in [0.1, 0.15) is 5.82 Å². The topological polar surface area (TPSA) is 113 Å². The van der Waals surface area contributed by atoms with Crippen LogP contribution in [0.5, 0.6) is 0 Å². The monoisotopic (exact) mass is 296 g/mol. The fraction of sp³-hybridized carbons (Fsp3) is 0.133. The molecular weight excluding hydrogens is 280 g/mol. The summed E-state index contributed by atoms with van der Waals surface area (Å²) in [7, 11) is 0. The molecule has 0 saturated carbocycles. The van der Waals surface area contributed by atoms with Crippen LogP contribution < -0.4 is 11.1 Å². The summed E-state index contributed by atoms with van der Waals surface area (Å²) in [6.45, 7) is 0.360. The van der Waals surface area contributed by atoms with E-state index in [2.05, 4.69) is 25.5 Å². The van der Waals surface area contributed by atoms with E-state index in [1.165, 1.54) is 0 Å². The van der Waals surface area contributed by atoms with Crippen molar-refractivity contribution < 1.29 is 5.11 Å². The summed E-state index contributed by atoms with van der Waals surface area (Å²) >= 11 is 0. The van der Waals surface area contributed by atoms with E-state index in [1.807, 2.05) is 36.4 Å². The van der Waals surface area contributed by atoms with E-state index in [4.69, 9.17) is 5.73 Å². The number of anilines is 2. The highest BCUT2D eigenvalue weighted by atomic mass is 16.3. The minimum atomic E-state index is -0.604. The van der Waals surface area contributed by atoms with Gasteiger partial charge in [-0.3, -0.25) is 5.10 Å². The second-order valence-corrected chi connectivity index (χ2v) is 4.78. The normalized spacial score (nSPS) is 12.0. The molecule has 7 heteroatoms. The third-order valence-electron chi connectivity index (χ3n) is 3.20. The number of aromatic nitrogens is 4. The van der Waals surface area contributed by atoms with Crippen LogP contribution in [-0.2, 0) is 0 Å². The summed E-state index contributed by atoms with van der Waals surface area (Å²) in [5.41, 5.74) is 7.17. The highest BCUT2D eigenvalue weighted by Gasteiger charge is 2.08. The largest absolute Gasteiger partial charge is 0.387 e. The molecule has 0 saturated heterocycles. The molecule has 0 bridgehead atoms. The van der Waals surface area contributed by atoms with Gasteiger partial charge in [0.15, 0.2) is 5.82 Å². The lowest BCUT2D eigenvalue weighted by Gasteiger charge is -2.12. The van der Waals surface area contributed by atoms with Gasteiger partial charge in [0, 0.05) is 18.3 Å². The second-order valence-electron chi connectivity index (χ2n) is 4.78. The van der Waals surface area contributed by atoms with Crippen molar-refractivity contribution in [3.8, 4) is 11.4 Å². The van der Waals surface area contributed by atoms with Crippen molar-refractivity contribution in [2.75, 3.05) is 17.6 Å². The van der Waals surface area contributed by atoms with Crippen molar-refractivity contribution >= 4 is 11.8 Å². The molecule has 22 heavy (non-hydrogen) atoms. The third-order valence-corrected chi connectivity index (χ3v) is 3.20. The number of nitrogens with one attached hydrogen (secondary N) is 2. The van der Waals surface area contributed by atoms with Crippen molar-refractivity contribution in [2.24, 2.45) is 0 Å². The molecule has 0 amide bonds. The van der Waals surface area contributed by atoms with Crippen molar-refractivity contribution in [1.82, 2.24) is 20.2 Å². The van der Waals surface area contributed by atoms with Gasteiger partial charge in [0.2, 0.25) is 5.95 Å². The van der Waals surface area contributed by atoms with Gasteiger partial charge in [0.05, 0.1) is 6.10 Å². The van der Waals surface area contributed by atoms with Gasteiger partial charge in [0.25, 0.3) is 0 Å².